The quantitative estimate of drug-likeness (QED) is 0.0338. The van der Waals surface area contributed by atoms with Crippen molar-refractivity contribution in [2.75, 3.05) is 5.75 Å². The van der Waals surface area contributed by atoms with Crippen LogP contribution in [0.3, 0.4) is 0 Å². The van der Waals surface area contributed by atoms with Crippen LogP contribution in [0.1, 0.15) is 181 Å². The molecule has 1 amide bonds. The Morgan fingerprint density at radius 1 is 0.529 bits per heavy atom. The van der Waals surface area contributed by atoms with Gasteiger partial charge in [-0.05, 0) is 83.5 Å². The highest BCUT2D eigenvalue weighted by Gasteiger charge is 2.24. The van der Waals surface area contributed by atoms with Gasteiger partial charge in [-0.3, -0.25) is 9.35 Å². The van der Waals surface area contributed by atoms with Crippen LogP contribution >= 0.6 is 0 Å². The Kier molecular flexibility index (Phi) is 35.9. The maximum atomic E-state index is 12.5. The van der Waals surface area contributed by atoms with Crippen molar-refractivity contribution in [2.24, 2.45) is 0 Å². The van der Waals surface area contributed by atoms with E-state index in [9.17, 15) is 22.9 Å². The fraction of sp³-hybridized carbons (Fsp3) is 0.705. The summed E-state index contributed by atoms with van der Waals surface area (Å²) < 4.78 is 32.5. The van der Waals surface area contributed by atoms with Crippen LogP contribution < -0.4 is 5.32 Å². The number of nitrogens with one attached hydrogen (secondary N) is 1. The lowest BCUT2D eigenvalue weighted by Crippen LogP contribution is -2.46. The Morgan fingerprint density at radius 2 is 0.902 bits per heavy atom. The molecule has 0 heterocycles. The van der Waals surface area contributed by atoms with Crippen molar-refractivity contribution < 1.29 is 22.9 Å². The molecule has 2 atom stereocenters. The molecule has 0 rings (SSSR count). The molecule has 7 heteroatoms. The molecule has 294 valence electrons. The third kappa shape index (κ3) is 38.8. The zero-order valence-corrected chi connectivity index (χ0v) is 33.5. The van der Waals surface area contributed by atoms with Gasteiger partial charge in [0.25, 0.3) is 10.1 Å². The first kappa shape index (κ1) is 48.8. The molecule has 0 radical (unpaired) electrons. The average Bonchev–Trinajstić information content (AvgIpc) is 3.09. The summed E-state index contributed by atoms with van der Waals surface area (Å²) in [6, 6.07) is -1.09. The highest BCUT2D eigenvalue weighted by atomic mass is 32.2. The maximum Gasteiger partial charge on any atom is 0.267 e. The summed E-state index contributed by atoms with van der Waals surface area (Å²) >= 11 is 0. The van der Waals surface area contributed by atoms with E-state index in [4.69, 9.17) is 0 Å². The van der Waals surface area contributed by atoms with Crippen molar-refractivity contribution in [1.29, 1.82) is 0 Å². The predicted molar refractivity (Wildman–Crippen MR) is 221 cm³/mol. The van der Waals surface area contributed by atoms with E-state index in [0.29, 0.717) is 12.8 Å². The minimum atomic E-state index is -4.37. The lowest BCUT2D eigenvalue weighted by molar-refractivity contribution is -0.122. The van der Waals surface area contributed by atoms with Crippen molar-refractivity contribution in [1.82, 2.24) is 5.32 Å². The van der Waals surface area contributed by atoms with Crippen molar-refractivity contribution in [3.63, 3.8) is 0 Å². The third-order valence-electron chi connectivity index (χ3n) is 8.83. The molecule has 0 saturated heterocycles. The number of carbonyl (C=O) groups is 1. The predicted octanol–water partition coefficient (Wildman–Crippen LogP) is 12.2. The van der Waals surface area contributed by atoms with Gasteiger partial charge in [0.2, 0.25) is 5.91 Å². The molecule has 2 unspecified atom stereocenters. The number of hydrogen-bond donors (Lipinski definition) is 3. The molecule has 6 nitrogen and oxygen atoms in total. The Bertz CT molecular complexity index is 1070. The van der Waals surface area contributed by atoms with Gasteiger partial charge in [0.1, 0.15) is 0 Å². The Hall–Kier alpha value is -2.22. The van der Waals surface area contributed by atoms with E-state index in [1.54, 1.807) is 6.08 Å². The fourth-order valence-electron chi connectivity index (χ4n) is 5.72. The zero-order chi connectivity index (χ0) is 37.5. The molecule has 0 aromatic heterocycles. The van der Waals surface area contributed by atoms with Gasteiger partial charge in [0.15, 0.2) is 0 Å². The molecule has 0 saturated carbocycles. The highest BCUT2D eigenvalue weighted by molar-refractivity contribution is 7.85. The van der Waals surface area contributed by atoms with Gasteiger partial charge in [-0.2, -0.15) is 8.42 Å². The standard InChI is InChI=1S/C44H77NO5S/c1-3-5-7-9-11-13-15-17-19-20-21-22-23-24-26-28-30-32-34-36-38-40-44(47)45-42(41-51(48,49)50)43(46)39-37-35-33-31-29-27-25-18-16-14-12-10-8-6-4-2/h15-18,20-21,23-24,29,31,37,39,42-43,46H,3-14,19,22,25-28,30,32-36,38,40-41H2,1-2H3,(H,45,47)(H,48,49,50)/b17-15-,18-16+,21-20-,24-23-,31-29+,39-37+. The molecular weight excluding hydrogens is 655 g/mol. The minimum absolute atomic E-state index is 0.266. The monoisotopic (exact) mass is 732 g/mol. The minimum Gasteiger partial charge on any atom is -0.387 e. The van der Waals surface area contributed by atoms with Gasteiger partial charge in [0.05, 0.1) is 17.9 Å². The summed E-state index contributed by atoms with van der Waals surface area (Å²) in [6.07, 6.45) is 53.1. The number of amides is 1. The number of aliphatic hydroxyl groups is 1. The second kappa shape index (κ2) is 37.5. The van der Waals surface area contributed by atoms with E-state index < -0.39 is 28.0 Å². The normalized spacial score (nSPS) is 14.0. The summed E-state index contributed by atoms with van der Waals surface area (Å²) in [7, 11) is -4.37. The van der Waals surface area contributed by atoms with Gasteiger partial charge in [-0.1, -0.05) is 164 Å². The van der Waals surface area contributed by atoms with Crippen LogP contribution in [-0.2, 0) is 14.9 Å². The van der Waals surface area contributed by atoms with Crippen molar-refractivity contribution >= 4 is 16.0 Å². The largest absolute Gasteiger partial charge is 0.387 e. The van der Waals surface area contributed by atoms with Gasteiger partial charge in [-0.25, -0.2) is 0 Å². The van der Waals surface area contributed by atoms with Crippen LogP contribution in [0, 0.1) is 0 Å². The lowest BCUT2D eigenvalue weighted by atomic mass is 10.1. The van der Waals surface area contributed by atoms with Gasteiger partial charge < -0.3 is 10.4 Å². The van der Waals surface area contributed by atoms with Crippen LogP contribution in [0.5, 0.6) is 0 Å². The van der Waals surface area contributed by atoms with Crippen molar-refractivity contribution in [2.45, 2.75) is 193 Å². The summed E-state index contributed by atoms with van der Waals surface area (Å²) in [6.45, 7) is 4.49. The molecule has 51 heavy (non-hydrogen) atoms. The summed E-state index contributed by atoms with van der Waals surface area (Å²) in [5, 5.41) is 13.2. The van der Waals surface area contributed by atoms with E-state index in [1.807, 2.05) is 0 Å². The van der Waals surface area contributed by atoms with Crippen LogP contribution in [0.25, 0.3) is 0 Å². The Labute approximate surface area is 314 Å². The molecule has 0 aliphatic carbocycles. The van der Waals surface area contributed by atoms with E-state index in [1.165, 1.54) is 76.7 Å². The van der Waals surface area contributed by atoms with Crippen LogP contribution in [0.15, 0.2) is 72.9 Å². The Morgan fingerprint density at radius 3 is 1.37 bits per heavy atom. The molecule has 0 spiro atoms. The number of aliphatic hydroxyl groups excluding tert-OH is 1. The fourth-order valence-corrected chi connectivity index (χ4v) is 6.46. The molecule has 0 bridgehead atoms. The summed E-state index contributed by atoms with van der Waals surface area (Å²) in [4.78, 5) is 12.5. The van der Waals surface area contributed by atoms with Gasteiger partial charge >= 0.3 is 0 Å². The summed E-state index contributed by atoms with van der Waals surface area (Å²) in [5.74, 6) is -1.03. The molecule has 0 aromatic carbocycles. The van der Waals surface area contributed by atoms with E-state index in [-0.39, 0.29) is 12.3 Å². The summed E-state index contributed by atoms with van der Waals surface area (Å²) in [5.41, 5.74) is 0. The molecular formula is C44H77NO5S. The maximum absolute atomic E-state index is 12.5. The number of rotatable bonds is 36. The molecule has 3 N–H and O–H groups in total. The molecule has 0 aliphatic heterocycles. The van der Waals surface area contributed by atoms with E-state index in [0.717, 1.165) is 77.0 Å². The topological polar surface area (TPSA) is 104 Å². The lowest BCUT2D eigenvalue weighted by Gasteiger charge is -2.21. The average molecular weight is 732 g/mol. The Balaban J connectivity index is 4.03. The SMILES string of the molecule is CCCCCCC/C=C\C/C=C\C/C=C\CCCCCCCCC(=O)NC(CS(=O)(=O)O)C(O)/C=C/CC/C=C/CC/C=C/CCCCCCC. The van der Waals surface area contributed by atoms with Gasteiger partial charge in [-0.15, -0.1) is 0 Å². The van der Waals surface area contributed by atoms with Gasteiger partial charge in [0, 0.05) is 6.42 Å². The number of allylic oxidation sites excluding steroid dienone is 11. The number of carbonyl (C=O) groups excluding carboxylic acids is 1. The van der Waals surface area contributed by atoms with E-state index in [2.05, 4.69) is 79.9 Å². The highest BCUT2D eigenvalue weighted by Crippen LogP contribution is 2.11. The van der Waals surface area contributed by atoms with Crippen LogP contribution in [0.2, 0.25) is 0 Å². The first-order valence-electron chi connectivity index (χ1n) is 20.6. The van der Waals surface area contributed by atoms with Crippen LogP contribution in [0.4, 0.5) is 0 Å². The first-order valence-corrected chi connectivity index (χ1v) is 22.2. The first-order chi connectivity index (χ1) is 24.8. The molecule has 0 fully saturated rings. The third-order valence-corrected chi connectivity index (χ3v) is 9.61. The van der Waals surface area contributed by atoms with Crippen molar-refractivity contribution in [3.05, 3.63) is 72.9 Å². The zero-order valence-electron chi connectivity index (χ0n) is 32.7. The molecule has 0 aromatic rings. The number of unbranched alkanes of at least 4 members (excludes halogenated alkanes) is 18. The molecule has 0 aliphatic rings. The van der Waals surface area contributed by atoms with E-state index >= 15 is 0 Å². The number of hydrogen-bond acceptors (Lipinski definition) is 4. The van der Waals surface area contributed by atoms with Crippen LogP contribution in [-0.4, -0.2) is 41.9 Å². The second-order valence-electron chi connectivity index (χ2n) is 13.9. The second-order valence-corrected chi connectivity index (χ2v) is 15.4. The van der Waals surface area contributed by atoms with Crippen molar-refractivity contribution in [3.8, 4) is 0 Å². The smallest absolute Gasteiger partial charge is 0.267 e.